The summed E-state index contributed by atoms with van der Waals surface area (Å²) in [6.07, 6.45) is 0. The molecular formula is C10H12N2O2S. The number of hydrazine groups is 1. The van der Waals surface area contributed by atoms with Crippen LogP contribution in [-0.4, -0.2) is 17.7 Å². The highest BCUT2D eigenvalue weighted by atomic mass is 32.1. The third-order valence-corrected chi connectivity index (χ3v) is 1.81. The van der Waals surface area contributed by atoms with Crippen LogP contribution in [0.5, 0.6) is 0 Å². The van der Waals surface area contributed by atoms with Gasteiger partial charge in [0.15, 0.2) is 0 Å². The van der Waals surface area contributed by atoms with Crippen LogP contribution < -0.4 is 10.9 Å². The molecular weight excluding hydrogens is 212 g/mol. The molecule has 0 fully saturated rings. The number of amides is 1. The van der Waals surface area contributed by atoms with E-state index < -0.39 is 0 Å². The number of thiocarbonyl (C=S) groups is 1. The summed E-state index contributed by atoms with van der Waals surface area (Å²) in [4.78, 5) is 11.5. The van der Waals surface area contributed by atoms with Gasteiger partial charge in [-0.05, 0) is 31.3 Å². The monoisotopic (exact) mass is 224 g/mol. The maximum Gasteiger partial charge on any atom is 0.275 e. The topological polar surface area (TPSA) is 50.4 Å². The molecule has 4 nitrogen and oxygen atoms in total. The first-order chi connectivity index (χ1) is 7.24. The quantitative estimate of drug-likeness (QED) is 0.586. The zero-order valence-electron chi connectivity index (χ0n) is 8.32. The smallest absolute Gasteiger partial charge is 0.275 e. The average molecular weight is 224 g/mol. The molecule has 1 amide bonds. The number of carbonyl (C=O) groups excluding carboxylic acids is 1. The normalized spacial score (nSPS) is 9.13. The number of hydrogen-bond donors (Lipinski definition) is 2. The van der Waals surface area contributed by atoms with E-state index in [1.54, 1.807) is 24.3 Å². The third kappa shape index (κ3) is 3.95. The lowest BCUT2D eigenvalue weighted by Crippen LogP contribution is -2.41. The summed E-state index contributed by atoms with van der Waals surface area (Å²) in [6.45, 7) is 2.28. The second-order valence-electron chi connectivity index (χ2n) is 2.67. The van der Waals surface area contributed by atoms with Gasteiger partial charge in [0.05, 0.1) is 6.61 Å². The lowest BCUT2D eigenvalue weighted by Gasteiger charge is -2.09. The number of hydrogen-bond acceptors (Lipinski definition) is 3. The Labute approximate surface area is 93.6 Å². The van der Waals surface area contributed by atoms with Crippen LogP contribution in [0.2, 0.25) is 0 Å². The van der Waals surface area contributed by atoms with Gasteiger partial charge in [0.1, 0.15) is 0 Å². The minimum Gasteiger partial charge on any atom is -0.470 e. The highest BCUT2D eigenvalue weighted by molar-refractivity contribution is 7.80. The number of rotatable bonds is 2. The maximum absolute atomic E-state index is 11.5. The summed E-state index contributed by atoms with van der Waals surface area (Å²) >= 11 is 4.77. The lowest BCUT2D eigenvalue weighted by molar-refractivity contribution is 0.0939. The molecule has 0 aromatic heterocycles. The van der Waals surface area contributed by atoms with Gasteiger partial charge in [0, 0.05) is 5.56 Å². The van der Waals surface area contributed by atoms with Crippen molar-refractivity contribution in [1.29, 1.82) is 0 Å². The molecule has 15 heavy (non-hydrogen) atoms. The molecule has 5 heteroatoms. The van der Waals surface area contributed by atoms with Gasteiger partial charge in [-0.2, -0.15) is 0 Å². The van der Waals surface area contributed by atoms with Gasteiger partial charge in [-0.3, -0.25) is 15.6 Å². The zero-order valence-corrected chi connectivity index (χ0v) is 9.14. The Morgan fingerprint density at radius 2 is 2.00 bits per heavy atom. The molecule has 0 aliphatic heterocycles. The van der Waals surface area contributed by atoms with Gasteiger partial charge in [-0.25, -0.2) is 0 Å². The van der Waals surface area contributed by atoms with Crippen molar-refractivity contribution in [3.8, 4) is 0 Å². The summed E-state index contributed by atoms with van der Waals surface area (Å²) in [5, 5.41) is 0.154. The molecule has 0 atom stereocenters. The summed E-state index contributed by atoms with van der Waals surface area (Å²) < 4.78 is 4.93. The summed E-state index contributed by atoms with van der Waals surface area (Å²) in [7, 11) is 0. The Morgan fingerprint density at radius 3 is 2.60 bits per heavy atom. The molecule has 0 heterocycles. The minimum absolute atomic E-state index is 0.154. The number of benzene rings is 1. The summed E-state index contributed by atoms with van der Waals surface area (Å²) in [6, 6.07) is 8.84. The van der Waals surface area contributed by atoms with Crippen molar-refractivity contribution in [3.63, 3.8) is 0 Å². The standard InChI is InChI=1S/C10H12N2O2S/c1-2-14-10(15)12-11-9(13)8-6-4-3-5-7-8/h3-7H,2H2,1H3,(H,11,13)(H,12,15). The molecule has 0 aliphatic carbocycles. The van der Waals surface area contributed by atoms with Crippen LogP contribution >= 0.6 is 12.2 Å². The van der Waals surface area contributed by atoms with Crippen LogP contribution in [0.1, 0.15) is 17.3 Å². The fourth-order valence-electron chi connectivity index (χ4n) is 0.937. The molecule has 0 saturated heterocycles. The fourth-order valence-corrected chi connectivity index (χ4v) is 1.11. The van der Waals surface area contributed by atoms with Crippen molar-refractivity contribution in [1.82, 2.24) is 10.9 Å². The maximum atomic E-state index is 11.5. The van der Waals surface area contributed by atoms with E-state index in [0.29, 0.717) is 12.2 Å². The Balaban J connectivity index is 2.40. The van der Waals surface area contributed by atoms with E-state index in [1.807, 2.05) is 13.0 Å². The second-order valence-corrected chi connectivity index (χ2v) is 3.04. The van der Waals surface area contributed by atoms with Gasteiger partial charge in [0.25, 0.3) is 11.1 Å². The molecule has 1 aromatic rings. The van der Waals surface area contributed by atoms with Crippen molar-refractivity contribution in [2.24, 2.45) is 0 Å². The first kappa shape index (κ1) is 11.5. The Kier molecular flexibility index (Phi) is 4.56. The van der Waals surface area contributed by atoms with E-state index in [1.165, 1.54) is 0 Å². The van der Waals surface area contributed by atoms with Crippen LogP contribution in [0.25, 0.3) is 0 Å². The summed E-state index contributed by atoms with van der Waals surface area (Å²) in [5.41, 5.74) is 5.48. The van der Waals surface area contributed by atoms with E-state index >= 15 is 0 Å². The van der Waals surface area contributed by atoms with Crippen molar-refractivity contribution in [2.75, 3.05) is 6.61 Å². The van der Waals surface area contributed by atoms with Crippen LogP contribution in [0.4, 0.5) is 0 Å². The first-order valence-corrected chi connectivity index (χ1v) is 4.93. The molecule has 0 bridgehead atoms. The summed E-state index contributed by atoms with van der Waals surface area (Å²) in [5.74, 6) is -0.252. The van der Waals surface area contributed by atoms with Gasteiger partial charge in [-0.1, -0.05) is 18.2 Å². The number of carbonyl (C=O) groups is 1. The zero-order chi connectivity index (χ0) is 11.1. The van der Waals surface area contributed by atoms with Crippen molar-refractivity contribution < 1.29 is 9.53 Å². The highest BCUT2D eigenvalue weighted by Crippen LogP contribution is 1.96. The van der Waals surface area contributed by atoms with Crippen molar-refractivity contribution in [3.05, 3.63) is 35.9 Å². The fraction of sp³-hybridized carbons (Fsp3) is 0.200. The molecule has 0 radical (unpaired) electrons. The van der Waals surface area contributed by atoms with Crippen molar-refractivity contribution >= 4 is 23.3 Å². The Bertz CT molecular complexity index is 341. The predicted octanol–water partition coefficient (Wildman–Crippen LogP) is 1.24. The lowest BCUT2D eigenvalue weighted by atomic mass is 10.2. The van der Waals surface area contributed by atoms with E-state index in [2.05, 4.69) is 10.9 Å². The van der Waals surface area contributed by atoms with Crippen LogP contribution in [0, 0.1) is 0 Å². The molecule has 1 aromatic carbocycles. The predicted molar refractivity (Wildman–Crippen MR) is 61.3 cm³/mol. The Morgan fingerprint density at radius 1 is 1.33 bits per heavy atom. The van der Waals surface area contributed by atoms with Gasteiger partial charge in [0.2, 0.25) is 0 Å². The molecule has 1 rings (SSSR count). The minimum atomic E-state index is -0.252. The Hall–Kier alpha value is -1.62. The highest BCUT2D eigenvalue weighted by Gasteiger charge is 2.03. The first-order valence-electron chi connectivity index (χ1n) is 4.52. The van der Waals surface area contributed by atoms with Crippen LogP contribution in [0.15, 0.2) is 30.3 Å². The second kappa shape index (κ2) is 5.98. The largest absolute Gasteiger partial charge is 0.470 e. The third-order valence-electron chi connectivity index (χ3n) is 1.59. The van der Waals surface area contributed by atoms with E-state index in [0.717, 1.165) is 0 Å². The van der Waals surface area contributed by atoms with E-state index in [-0.39, 0.29) is 11.1 Å². The van der Waals surface area contributed by atoms with Crippen LogP contribution in [-0.2, 0) is 4.74 Å². The molecule has 0 unspecified atom stereocenters. The molecule has 0 spiro atoms. The van der Waals surface area contributed by atoms with Crippen LogP contribution in [0.3, 0.4) is 0 Å². The molecule has 2 N–H and O–H groups in total. The number of nitrogens with one attached hydrogen (secondary N) is 2. The van der Waals surface area contributed by atoms with Gasteiger partial charge < -0.3 is 4.74 Å². The van der Waals surface area contributed by atoms with E-state index in [4.69, 9.17) is 17.0 Å². The SMILES string of the molecule is CCOC(=S)NNC(=O)c1ccccc1. The van der Waals surface area contributed by atoms with Gasteiger partial charge >= 0.3 is 0 Å². The average Bonchev–Trinajstić information content (AvgIpc) is 2.27. The molecule has 0 aliphatic rings. The number of ether oxygens (including phenoxy) is 1. The van der Waals surface area contributed by atoms with Crippen molar-refractivity contribution in [2.45, 2.75) is 6.92 Å². The molecule has 80 valence electrons. The van der Waals surface area contributed by atoms with Gasteiger partial charge in [-0.15, -0.1) is 0 Å². The van der Waals surface area contributed by atoms with E-state index in [9.17, 15) is 4.79 Å². The molecule has 0 saturated carbocycles.